The molecule has 1 saturated heterocycles. The Labute approximate surface area is 145 Å². The number of halogens is 3. The van der Waals surface area contributed by atoms with E-state index in [1.165, 1.54) is 29.3 Å². The van der Waals surface area contributed by atoms with Crippen molar-refractivity contribution < 1.29 is 22.8 Å². The quantitative estimate of drug-likeness (QED) is 0.791. The molecular formula is C17H11F3N4O2. The van der Waals surface area contributed by atoms with Gasteiger partial charge in [0.1, 0.15) is 5.82 Å². The number of anilines is 1. The van der Waals surface area contributed by atoms with Crippen molar-refractivity contribution in [1.82, 2.24) is 5.01 Å². The van der Waals surface area contributed by atoms with Gasteiger partial charge in [-0.25, -0.2) is 18.1 Å². The van der Waals surface area contributed by atoms with Crippen LogP contribution in [0.1, 0.15) is 5.56 Å². The SMILES string of the molecule is O=C1[C@@H]2N=NN(Cc3ccc(F)cc3)[C@H]2C(=O)N1c1ccc(F)c(F)c1. The Morgan fingerprint density at radius 3 is 2.35 bits per heavy atom. The molecule has 0 bridgehead atoms. The van der Waals surface area contributed by atoms with Crippen molar-refractivity contribution in [3.05, 3.63) is 65.5 Å². The van der Waals surface area contributed by atoms with E-state index in [1.807, 2.05) is 0 Å². The number of nitrogens with zero attached hydrogens (tertiary/aromatic N) is 4. The van der Waals surface area contributed by atoms with Crippen molar-refractivity contribution >= 4 is 17.5 Å². The monoisotopic (exact) mass is 360 g/mol. The third kappa shape index (κ3) is 2.52. The molecule has 0 saturated carbocycles. The van der Waals surface area contributed by atoms with E-state index in [0.717, 1.165) is 23.1 Å². The Kier molecular flexibility index (Phi) is 3.71. The lowest BCUT2D eigenvalue weighted by Crippen LogP contribution is -2.39. The lowest BCUT2D eigenvalue weighted by Gasteiger charge is -2.20. The second-order valence-electron chi connectivity index (χ2n) is 5.93. The van der Waals surface area contributed by atoms with E-state index >= 15 is 0 Å². The van der Waals surface area contributed by atoms with Crippen LogP contribution in [0.25, 0.3) is 0 Å². The van der Waals surface area contributed by atoms with Gasteiger partial charge in [0.05, 0.1) is 12.2 Å². The van der Waals surface area contributed by atoms with Crippen LogP contribution in [0.2, 0.25) is 0 Å². The number of carbonyl (C=O) groups excluding carboxylic acids is 2. The third-order valence-electron chi connectivity index (χ3n) is 4.28. The van der Waals surface area contributed by atoms with Gasteiger partial charge in [-0.3, -0.25) is 14.6 Å². The summed E-state index contributed by atoms with van der Waals surface area (Å²) in [6.45, 7) is 0.148. The predicted molar refractivity (Wildman–Crippen MR) is 83.2 cm³/mol. The van der Waals surface area contributed by atoms with Crippen molar-refractivity contribution in [3.8, 4) is 0 Å². The summed E-state index contributed by atoms with van der Waals surface area (Å²) in [5.74, 6) is -3.92. The first-order valence-electron chi connectivity index (χ1n) is 7.70. The summed E-state index contributed by atoms with van der Waals surface area (Å²) in [5, 5.41) is 9.03. The predicted octanol–water partition coefficient (Wildman–Crippen LogP) is 2.60. The van der Waals surface area contributed by atoms with Gasteiger partial charge in [-0.05, 0) is 29.8 Å². The minimum absolute atomic E-state index is 0.0646. The first kappa shape index (κ1) is 16.2. The highest BCUT2D eigenvalue weighted by Gasteiger charge is 2.54. The molecule has 2 aromatic rings. The largest absolute Gasteiger partial charge is 0.271 e. The van der Waals surface area contributed by atoms with E-state index in [4.69, 9.17) is 0 Å². The molecule has 0 N–H and O–H groups in total. The normalized spacial score (nSPS) is 21.7. The van der Waals surface area contributed by atoms with E-state index in [-0.39, 0.29) is 12.2 Å². The summed E-state index contributed by atoms with van der Waals surface area (Å²) < 4.78 is 39.6. The number of hydrogen-bond donors (Lipinski definition) is 0. The molecule has 9 heteroatoms. The number of rotatable bonds is 3. The Balaban J connectivity index is 1.60. The van der Waals surface area contributed by atoms with Crippen molar-refractivity contribution in [1.29, 1.82) is 0 Å². The van der Waals surface area contributed by atoms with Crippen LogP contribution in [0.4, 0.5) is 18.9 Å². The van der Waals surface area contributed by atoms with Crippen LogP contribution in [-0.2, 0) is 16.1 Å². The van der Waals surface area contributed by atoms with Gasteiger partial charge in [0, 0.05) is 6.07 Å². The average molecular weight is 360 g/mol. The second kappa shape index (κ2) is 5.94. The maximum atomic E-state index is 13.5. The molecule has 6 nitrogen and oxygen atoms in total. The second-order valence-corrected chi connectivity index (χ2v) is 5.93. The van der Waals surface area contributed by atoms with Gasteiger partial charge in [-0.1, -0.05) is 17.4 Å². The summed E-state index contributed by atoms with van der Waals surface area (Å²) in [6.07, 6.45) is 0. The lowest BCUT2D eigenvalue weighted by molar-refractivity contribution is -0.123. The van der Waals surface area contributed by atoms with E-state index in [9.17, 15) is 22.8 Å². The first-order chi connectivity index (χ1) is 12.5. The minimum atomic E-state index is -1.16. The van der Waals surface area contributed by atoms with Gasteiger partial charge in [0.15, 0.2) is 23.7 Å². The van der Waals surface area contributed by atoms with Gasteiger partial charge in [-0.15, -0.1) is 0 Å². The molecule has 2 heterocycles. The highest BCUT2D eigenvalue weighted by Crippen LogP contribution is 2.33. The highest BCUT2D eigenvalue weighted by molar-refractivity contribution is 6.25. The van der Waals surface area contributed by atoms with Gasteiger partial charge in [0.2, 0.25) is 0 Å². The van der Waals surface area contributed by atoms with Gasteiger partial charge in [0.25, 0.3) is 11.8 Å². The number of fused-ring (bicyclic) bond motifs is 1. The minimum Gasteiger partial charge on any atom is -0.271 e. The molecule has 132 valence electrons. The summed E-state index contributed by atoms with van der Waals surface area (Å²) in [5.41, 5.74) is 0.614. The topological polar surface area (TPSA) is 65.3 Å². The zero-order valence-corrected chi connectivity index (χ0v) is 13.1. The zero-order valence-electron chi connectivity index (χ0n) is 13.1. The molecule has 0 radical (unpaired) electrons. The molecule has 0 unspecified atom stereocenters. The molecule has 0 aromatic heterocycles. The maximum absolute atomic E-state index is 13.5. The molecule has 26 heavy (non-hydrogen) atoms. The van der Waals surface area contributed by atoms with Crippen LogP contribution in [0.15, 0.2) is 52.8 Å². The van der Waals surface area contributed by atoms with Crippen molar-refractivity contribution in [2.24, 2.45) is 10.3 Å². The number of hydrogen-bond acceptors (Lipinski definition) is 5. The number of carbonyl (C=O) groups is 2. The van der Waals surface area contributed by atoms with Crippen molar-refractivity contribution in [3.63, 3.8) is 0 Å². The Morgan fingerprint density at radius 2 is 1.65 bits per heavy atom. The maximum Gasteiger partial charge on any atom is 0.263 e. The number of amides is 2. The van der Waals surface area contributed by atoms with Gasteiger partial charge >= 0.3 is 0 Å². The standard InChI is InChI=1S/C17H11F3N4O2/c18-10-3-1-9(2-4-10)8-23-15-14(21-22-23)16(25)24(17(15)26)11-5-6-12(19)13(20)7-11/h1-7,14-15H,8H2/t14-,15-/m1/s1. The van der Waals surface area contributed by atoms with E-state index in [0.29, 0.717) is 5.56 Å². The fraction of sp³-hybridized carbons (Fsp3) is 0.176. The van der Waals surface area contributed by atoms with Crippen molar-refractivity contribution in [2.75, 3.05) is 4.90 Å². The van der Waals surface area contributed by atoms with Gasteiger partial charge in [-0.2, -0.15) is 5.11 Å². The van der Waals surface area contributed by atoms with E-state index in [1.54, 1.807) is 0 Å². The molecule has 0 aliphatic carbocycles. The van der Waals surface area contributed by atoms with Crippen LogP contribution in [0.3, 0.4) is 0 Å². The fourth-order valence-corrected chi connectivity index (χ4v) is 3.01. The van der Waals surface area contributed by atoms with Crippen LogP contribution >= 0.6 is 0 Å². The first-order valence-corrected chi connectivity index (χ1v) is 7.70. The van der Waals surface area contributed by atoms with Crippen LogP contribution in [0, 0.1) is 17.5 Å². The molecular weight excluding hydrogens is 349 g/mol. The molecule has 4 rings (SSSR count). The van der Waals surface area contributed by atoms with Crippen LogP contribution in [0.5, 0.6) is 0 Å². The Morgan fingerprint density at radius 1 is 0.923 bits per heavy atom. The summed E-state index contributed by atoms with van der Waals surface area (Å²) >= 11 is 0. The highest BCUT2D eigenvalue weighted by atomic mass is 19.2. The molecule has 1 fully saturated rings. The fourth-order valence-electron chi connectivity index (χ4n) is 3.01. The summed E-state index contributed by atoms with van der Waals surface area (Å²) in [6, 6.07) is 6.38. The summed E-state index contributed by atoms with van der Waals surface area (Å²) in [7, 11) is 0. The lowest BCUT2D eigenvalue weighted by atomic mass is 10.1. The molecule has 2 amide bonds. The van der Waals surface area contributed by atoms with Crippen LogP contribution in [-0.4, -0.2) is 28.9 Å². The molecule has 2 aliphatic rings. The molecule has 0 spiro atoms. The average Bonchev–Trinajstić information content (AvgIpc) is 3.13. The van der Waals surface area contributed by atoms with Crippen LogP contribution < -0.4 is 4.90 Å². The number of imide groups is 1. The van der Waals surface area contributed by atoms with E-state index in [2.05, 4.69) is 10.3 Å². The third-order valence-corrected chi connectivity index (χ3v) is 4.28. The molecule has 2 aliphatic heterocycles. The number of benzene rings is 2. The Bertz CT molecular complexity index is 932. The van der Waals surface area contributed by atoms with E-state index < -0.39 is 41.3 Å². The zero-order chi connectivity index (χ0) is 18.4. The van der Waals surface area contributed by atoms with Gasteiger partial charge < -0.3 is 0 Å². The summed E-state index contributed by atoms with van der Waals surface area (Å²) in [4.78, 5) is 26.0. The smallest absolute Gasteiger partial charge is 0.263 e. The molecule has 2 atom stereocenters. The van der Waals surface area contributed by atoms with Crippen molar-refractivity contribution in [2.45, 2.75) is 18.6 Å². The Hall–Kier alpha value is -3.23. The molecule has 2 aromatic carbocycles.